The van der Waals surface area contributed by atoms with Crippen LogP contribution in [0.2, 0.25) is 0 Å². The van der Waals surface area contributed by atoms with Crippen LogP contribution in [0.25, 0.3) is 0 Å². The number of ether oxygens (including phenoxy) is 1. The fraction of sp³-hybridized carbons (Fsp3) is 1.00. The van der Waals surface area contributed by atoms with Crippen molar-refractivity contribution in [1.82, 2.24) is 10.2 Å². The molecule has 0 bridgehead atoms. The van der Waals surface area contributed by atoms with E-state index in [-0.39, 0.29) is 0 Å². The number of hydrogen-bond acceptors (Lipinski definition) is 3. The van der Waals surface area contributed by atoms with Crippen molar-refractivity contribution in [2.75, 3.05) is 39.9 Å². The Labute approximate surface area is 101 Å². The van der Waals surface area contributed by atoms with Crippen LogP contribution >= 0.6 is 0 Å². The second kappa shape index (κ2) is 8.97. The standard InChI is InChI=1S/C13H28N2O/c1-3-8-14-9-6-11-16-12-13-7-4-5-10-15(13)2/h13-14H,3-12H2,1-2H3. The van der Waals surface area contributed by atoms with Crippen molar-refractivity contribution in [1.29, 1.82) is 0 Å². The van der Waals surface area contributed by atoms with Gasteiger partial charge in [-0.15, -0.1) is 0 Å². The Morgan fingerprint density at radius 2 is 2.19 bits per heavy atom. The largest absolute Gasteiger partial charge is 0.380 e. The molecule has 1 atom stereocenters. The molecule has 1 aliphatic rings. The number of nitrogens with one attached hydrogen (secondary N) is 1. The van der Waals surface area contributed by atoms with Gasteiger partial charge < -0.3 is 15.0 Å². The second-order valence-electron chi connectivity index (χ2n) is 4.81. The second-order valence-corrected chi connectivity index (χ2v) is 4.81. The van der Waals surface area contributed by atoms with Gasteiger partial charge in [0.2, 0.25) is 0 Å². The Kier molecular flexibility index (Phi) is 7.81. The van der Waals surface area contributed by atoms with Gasteiger partial charge in [0.25, 0.3) is 0 Å². The highest BCUT2D eigenvalue weighted by atomic mass is 16.5. The molecule has 0 amide bonds. The van der Waals surface area contributed by atoms with Crippen LogP contribution in [-0.4, -0.2) is 50.8 Å². The van der Waals surface area contributed by atoms with Gasteiger partial charge in [-0.2, -0.15) is 0 Å². The lowest BCUT2D eigenvalue weighted by molar-refractivity contribution is 0.0520. The van der Waals surface area contributed by atoms with Crippen molar-refractivity contribution in [3.8, 4) is 0 Å². The molecule has 1 aliphatic heterocycles. The summed E-state index contributed by atoms with van der Waals surface area (Å²) < 4.78 is 5.74. The lowest BCUT2D eigenvalue weighted by atomic mass is 10.0. The molecule has 0 aliphatic carbocycles. The minimum Gasteiger partial charge on any atom is -0.380 e. The molecule has 0 spiro atoms. The molecule has 0 saturated carbocycles. The lowest BCUT2D eigenvalue weighted by Crippen LogP contribution is -2.39. The zero-order valence-corrected chi connectivity index (χ0v) is 11.0. The predicted octanol–water partition coefficient (Wildman–Crippen LogP) is 1.88. The van der Waals surface area contributed by atoms with Crippen LogP contribution < -0.4 is 5.32 Å². The lowest BCUT2D eigenvalue weighted by Gasteiger charge is -2.32. The summed E-state index contributed by atoms with van der Waals surface area (Å²) in [6.07, 6.45) is 6.39. The predicted molar refractivity (Wildman–Crippen MR) is 68.9 cm³/mol. The highest BCUT2D eigenvalue weighted by Crippen LogP contribution is 2.14. The monoisotopic (exact) mass is 228 g/mol. The maximum atomic E-state index is 5.74. The molecule has 1 heterocycles. The van der Waals surface area contributed by atoms with E-state index in [1.54, 1.807) is 0 Å². The first-order valence-electron chi connectivity index (χ1n) is 6.83. The Balaban J connectivity index is 1.90. The highest BCUT2D eigenvalue weighted by molar-refractivity contribution is 4.73. The third-order valence-corrected chi connectivity index (χ3v) is 3.30. The zero-order valence-electron chi connectivity index (χ0n) is 11.0. The van der Waals surface area contributed by atoms with Crippen molar-refractivity contribution >= 4 is 0 Å². The topological polar surface area (TPSA) is 24.5 Å². The summed E-state index contributed by atoms with van der Waals surface area (Å²) >= 11 is 0. The number of hydrogen-bond donors (Lipinski definition) is 1. The van der Waals surface area contributed by atoms with E-state index >= 15 is 0 Å². The fourth-order valence-electron chi connectivity index (χ4n) is 2.18. The SMILES string of the molecule is CCCNCCCOCC1CCCCN1C. The van der Waals surface area contributed by atoms with Crippen LogP contribution in [0, 0.1) is 0 Å². The quantitative estimate of drug-likeness (QED) is 0.642. The molecule has 0 aromatic heterocycles. The Morgan fingerprint density at radius 3 is 2.94 bits per heavy atom. The van der Waals surface area contributed by atoms with Crippen LogP contribution in [0.1, 0.15) is 39.0 Å². The average molecular weight is 228 g/mol. The molecule has 1 N–H and O–H groups in total. The summed E-state index contributed by atoms with van der Waals surface area (Å²) in [5.41, 5.74) is 0. The smallest absolute Gasteiger partial charge is 0.0621 e. The first-order valence-corrected chi connectivity index (χ1v) is 6.83. The third-order valence-electron chi connectivity index (χ3n) is 3.30. The normalized spacial score (nSPS) is 22.5. The number of likely N-dealkylation sites (tertiary alicyclic amines) is 1. The van der Waals surface area contributed by atoms with Gasteiger partial charge in [-0.05, 0) is 52.4 Å². The van der Waals surface area contributed by atoms with Crippen molar-refractivity contribution in [3.63, 3.8) is 0 Å². The van der Waals surface area contributed by atoms with Crippen LogP contribution in [0.15, 0.2) is 0 Å². The molecule has 0 radical (unpaired) electrons. The van der Waals surface area contributed by atoms with Crippen molar-refractivity contribution in [3.05, 3.63) is 0 Å². The summed E-state index contributed by atoms with van der Waals surface area (Å²) in [6.45, 7) is 7.49. The van der Waals surface area contributed by atoms with Crippen molar-refractivity contribution in [2.45, 2.75) is 45.1 Å². The maximum absolute atomic E-state index is 5.74. The van der Waals surface area contributed by atoms with E-state index in [1.165, 1.54) is 32.2 Å². The summed E-state index contributed by atoms with van der Waals surface area (Å²) in [4.78, 5) is 2.44. The number of likely N-dealkylation sites (N-methyl/N-ethyl adjacent to an activating group) is 1. The molecule has 0 aromatic rings. The molecule has 3 heteroatoms. The third kappa shape index (κ3) is 5.83. The van der Waals surface area contributed by atoms with Gasteiger partial charge >= 0.3 is 0 Å². The van der Waals surface area contributed by atoms with E-state index in [0.717, 1.165) is 32.7 Å². The van der Waals surface area contributed by atoms with Gasteiger partial charge in [0.1, 0.15) is 0 Å². The zero-order chi connectivity index (χ0) is 11.6. The van der Waals surface area contributed by atoms with Crippen LogP contribution in [-0.2, 0) is 4.74 Å². The molecule has 0 aromatic carbocycles. The molecule has 16 heavy (non-hydrogen) atoms. The van der Waals surface area contributed by atoms with E-state index in [9.17, 15) is 0 Å². The Hall–Kier alpha value is -0.120. The van der Waals surface area contributed by atoms with Crippen LogP contribution in [0.5, 0.6) is 0 Å². The summed E-state index contributed by atoms with van der Waals surface area (Å²) in [7, 11) is 2.22. The van der Waals surface area contributed by atoms with Crippen LogP contribution in [0.4, 0.5) is 0 Å². The Bertz CT molecular complexity index is 164. The van der Waals surface area contributed by atoms with E-state index in [4.69, 9.17) is 4.74 Å². The molecular formula is C13H28N2O. The number of rotatable bonds is 8. The molecule has 1 fully saturated rings. The molecule has 96 valence electrons. The van der Waals surface area contributed by atoms with Gasteiger partial charge in [-0.1, -0.05) is 13.3 Å². The Morgan fingerprint density at radius 1 is 1.31 bits per heavy atom. The van der Waals surface area contributed by atoms with E-state index < -0.39 is 0 Å². The van der Waals surface area contributed by atoms with Crippen LogP contribution in [0.3, 0.4) is 0 Å². The first-order chi connectivity index (χ1) is 7.84. The molecule has 1 unspecified atom stereocenters. The molecule has 1 rings (SSSR count). The van der Waals surface area contributed by atoms with Gasteiger partial charge in [-0.25, -0.2) is 0 Å². The van der Waals surface area contributed by atoms with E-state index in [0.29, 0.717) is 6.04 Å². The van der Waals surface area contributed by atoms with Crippen molar-refractivity contribution < 1.29 is 4.74 Å². The maximum Gasteiger partial charge on any atom is 0.0621 e. The van der Waals surface area contributed by atoms with Gasteiger partial charge in [0.15, 0.2) is 0 Å². The number of nitrogens with zero attached hydrogens (tertiary/aromatic N) is 1. The van der Waals surface area contributed by atoms with Gasteiger partial charge in [-0.3, -0.25) is 0 Å². The first kappa shape index (κ1) is 13.9. The fourth-order valence-corrected chi connectivity index (χ4v) is 2.18. The summed E-state index contributed by atoms with van der Waals surface area (Å²) in [5, 5.41) is 3.39. The summed E-state index contributed by atoms with van der Waals surface area (Å²) in [5.74, 6) is 0. The summed E-state index contributed by atoms with van der Waals surface area (Å²) in [6, 6.07) is 0.664. The highest BCUT2D eigenvalue weighted by Gasteiger charge is 2.18. The average Bonchev–Trinajstić information content (AvgIpc) is 2.30. The van der Waals surface area contributed by atoms with E-state index in [1.807, 2.05) is 0 Å². The van der Waals surface area contributed by atoms with Crippen molar-refractivity contribution in [2.24, 2.45) is 0 Å². The number of piperidine rings is 1. The molecule has 1 saturated heterocycles. The minimum atomic E-state index is 0.664. The molecular weight excluding hydrogens is 200 g/mol. The molecule has 3 nitrogen and oxygen atoms in total. The minimum absolute atomic E-state index is 0.664. The van der Waals surface area contributed by atoms with E-state index in [2.05, 4.69) is 24.2 Å². The van der Waals surface area contributed by atoms with Gasteiger partial charge in [0, 0.05) is 12.6 Å². The van der Waals surface area contributed by atoms with Gasteiger partial charge in [0.05, 0.1) is 6.61 Å².